The van der Waals surface area contributed by atoms with Crippen LogP contribution in [0.15, 0.2) is 24.4 Å². The van der Waals surface area contributed by atoms with Gasteiger partial charge in [0.25, 0.3) is 0 Å². The lowest BCUT2D eigenvalue weighted by atomic mass is 10.0. The Bertz CT molecular complexity index is 964. The van der Waals surface area contributed by atoms with Crippen LogP contribution in [0.5, 0.6) is 0 Å². The van der Waals surface area contributed by atoms with E-state index in [1.807, 2.05) is 24.4 Å². The number of hydrogen-bond acceptors (Lipinski definition) is 4. The fraction of sp³-hybridized carbons (Fsp3) is 0.500. The summed E-state index contributed by atoms with van der Waals surface area (Å²) in [4.78, 5) is 9.61. The number of hydrogen-bond donors (Lipinski definition) is 0. The van der Waals surface area contributed by atoms with Crippen LogP contribution in [0.2, 0.25) is 5.02 Å². The number of imidazole rings is 1. The molecule has 26 heavy (non-hydrogen) atoms. The summed E-state index contributed by atoms with van der Waals surface area (Å²) < 4.78 is 13.9. The van der Waals surface area contributed by atoms with Crippen molar-refractivity contribution in [2.75, 3.05) is 19.8 Å². The third-order valence-corrected chi connectivity index (χ3v) is 5.86. The second-order valence-electron chi connectivity index (χ2n) is 7.41. The molecule has 1 aromatic carbocycles. The molecule has 0 aliphatic carbocycles. The molecule has 2 fully saturated rings. The van der Waals surface area contributed by atoms with Crippen molar-refractivity contribution in [3.05, 3.63) is 35.2 Å². The summed E-state index contributed by atoms with van der Waals surface area (Å²) >= 11 is 6.32. The average Bonchev–Trinajstić information content (AvgIpc) is 3.29. The van der Waals surface area contributed by atoms with Crippen LogP contribution >= 0.6 is 11.6 Å². The Morgan fingerprint density at radius 2 is 2.12 bits per heavy atom. The molecule has 4 heterocycles. The topological polar surface area (TPSA) is 49.2 Å². The molecule has 136 valence electrons. The van der Waals surface area contributed by atoms with Gasteiger partial charge >= 0.3 is 0 Å². The standard InChI is InChI=1S/C20H22ClN3O2/c1-12-8-15(5-7-26-12)24-19-16-9-14(21)2-3-17(16)22-10-18(19)23-20(24)13-4-6-25-11-13/h2-3,9-10,12-13,15H,4-8,11H2,1H3/t12-,13+,15-/m1/s1. The van der Waals surface area contributed by atoms with Crippen molar-refractivity contribution >= 4 is 33.5 Å². The maximum Gasteiger partial charge on any atom is 0.115 e. The van der Waals surface area contributed by atoms with Crippen LogP contribution in [0, 0.1) is 0 Å². The van der Waals surface area contributed by atoms with Crippen LogP contribution in [0.25, 0.3) is 21.9 Å². The van der Waals surface area contributed by atoms with Gasteiger partial charge in [-0.05, 0) is 44.4 Å². The first kappa shape index (κ1) is 16.5. The molecule has 5 nitrogen and oxygen atoms in total. The first-order chi connectivity index (χ1) is 12.7. The minimum Gasteiger partial charge on any atom is -0.381 e. The normalized spacial score (nSPS) is 26.8. The van der Waals surface area contributed by atoms with Gasteiger partial charge < -0.3 is 14.0 Å². The lowest BCUT2D eigenvalue weighted by Crippen LogP contribution is -2.27. The van der Waals surface area contributed by atoms with E-state index in [9.17, 15) is 0 Å². The molecule has 2 aromatic heterocycles. The largest absolute Gasteiger partial charge is 0.381 e. The van der Waals surface area contributed by atoms with Gasteiger partial charge in [0.2, 0.25) is 0 Å². The van der Waals surface area contributed by atoms with E-state index in [2.05, 4.69) is 16.5 Å². The Morgan fingerprint density at radius 1 is 1.19 bits per heavy atom. The van der Waals surface area contributed by atoms with E-state index in [0.717, 1.165) is 71.9 Å². The molecule has 6 heteroatoms. The SMILES string of the molecule is C[C@@H]1C[C@H](n2c([C@H]3CCOC3)nc3cnc4ccc(Cl)cc4c32)CCO1. The fourth-order valence-corrected chi connectivity index (χ4v) is 4.54. The zero-order chi connectivity index (χ0) is 17.7. The molecule has 0 amide bonds. The Hall–Kier alpha value is -1.69. The molecule has 0 unspecified atom stereocenters. The monoisotopic (exact) mass is 371 g/mol. The molecule has 3 aromatic rings. The van der Waals surface area contributed by atoms with E-state index in [-0.39, 0.29) is 6.10 Å². The maximum atomic E-state index is 6.32. The molecule has 2 saturated heterocycles. The maximum absolute atomic E-state index is 6.32. The van der Waals surface area contributed by atoms with Crippen molar-refractivity contribution in [3.63, 3.8) is 0 Å². The summed E-state index contributed by atoms with van der Waals surface area (Å²) in [6.45, 7) is 4.49. The minimum atomic E-state index is 0.260. The quantitative estimate of drug-likeness (QED) is 0.666. The molecule has 2 aliphatic rings. The number of fused-ring (bicyclic) bond motifs is 3. The van der Waals surface area contributed by atoms with Crippen molar-refractivity contribution in [2.45, 2.75) is 44.2 Å². The Morgan fingerprint density at radius 3 is 2.92 bits per heavy atom. The molecule has 0 N–H and O–H groups in total. The molecule has 5 rings (SSSR count). The van der Waals surface area contributed by atoms with Gasteiger partial charge in [0.1, 0.15) is 11.3 Å². The number of rotatable bonds is 2. The number of aromatic nitrogens is 3. The molecular formula is C20H22ClN3O2. The second kappa shape index (κ2) is 6.48. The zero-order valence-corrected chi connectivity index (χ0v) is 15.6. The average molecular weight is 372 g/mol. The summed E-state index contributed by atoms with van der Waals surface area (Å²) in [5.74, 6) is 1.47. The van der Waals surface area contributed by atoms with Crippen LogP contribution in [-0.2, 0) is 9.47 Å². The van der Waals surface area contributed by atoms with Gasteiger partial charge in [0.15, 0.2) is 0 Å². The third-order valence-electron chi connectivity index (χ3n) is 5.62. The van der Waals surface area contributed by atoms with E-state index in [1.54, 1.807) is 0 Å². The first-order valence-corrected chi connectivity index (χ1v) is 9.74. The summed E-state index contributed by atoms with van der Waals surface area (Å²) in [5.41, 5.74) is 3.05. The Labute approximate surface area is 157 Å². The number of nitrogens with zero attached hydrogens (tertiary/aromatic N) is 3. The van der Waals surface area contributed by atoms with Crippen molar-refractivity contribution < 1.29 is 9.47 Å². The summed E-state index contributed by atoms with van der Waals surface area (Å²) in [7, 11) is 0. The molecule has 0 bridgehead atoms. The minimum absolute atomic E-state index is 0.260. The number of ether oxygens (including phenoxy) is 2. The Kier molecular flexibility index (Phi) is 4.11. The number of pyridine rings is 1. The van der Waals surface area contributed by atoms with Crippen LogP contribution in [0.3, 0.4) is 0 Å². The van der Waals surface area contributed by atoms with E-state index >= 15 is 0 Å². The van der Waals surface area contributed by atoms with Gasteiger partial charge in [-0.2, -0.15) is 0 Å². The van der Waals surface area contributed by atoms with E-state index in [0.29, 0.717) is 12.0 Å². The summed E-state index contributed by atoms with van der Waals surface area (Å²) in [6.07, 6.45) is 5.17. The molecule has 0 spiro atoms. The predicted molar refractivity (Wildman–Crippen MR) is 102 cm³/mol. The van der Waals surface area contributed by atoms with Gasteiger partial charge in [-0.15, -0.1) is 0 Å². The lowest BCUT2D eigenvalue weighted by Gasteiger charge is -2.30. The highest BCUT2D eigenvalue weighted by Gasteiger charge is 2.31. The highest BCUT2D eigenvalue weighted by molar-refractivity contribution is 6.31. The van der Waals surface area contributed by atoms with Crippen LogP contribution in [-0.4, -0.2) is 40.5 Å². The predicted octanol–water partition coefficient (Wildman–Crippen LogP) is 4.48. The highest BCUT2D eigenvalue weighted by atomic mass is 35.5. The van der Waals surface area contributed by atoms with Crippen molar-refractivity contribution in [3.8, 4) is 0 Å². The van der Waals surface area contributed by atoms with Crippen molar-refractivity contribution in [1.29, 1.82) is 0 Å². The van der Waals surface area contributed by atoms with Gasteiger partial charge in [0.05, 0.1) is 29.9 Å². The second-order valence-corrected chi connectivity index (χ2v) is 7.85. The third kappa shape index (κ3) is 2.70. The Balaban J connectivity index is 1.78. The summed E-state index contributed by atoms with van der Waals surface area (Å²) in [5, 5.41) is 1.80. The van der Waals surface area contributed by atoms with E-state index in [1.165, 1.54) is 0 Å². The molecular weight excluding hydrogens is 350 g/mol. The van der Waals surface area contributed by atoms with Gasteiger partial charge in [-0.1, -0.05) is 11.6 Å². The van der Waals surface area contributed by atoms with E-state index < -0.39 is 0 Å². The van der Waals surface area contributed by atoms with Crippen molar-refractivity contribution in [1.82, 2.24) is 14.5 Å². The number of halogens is 1. The van der Waals surface area contributed by atoms with Gasteiger partial charge in [-0.3, -0.25) is 4.98 Å². The molecule has 2 aliphatic heterocycles. The summed E-state index contributed by atoms with van der Waals surface area (Å²) in [6, 6.07) is 6.27. The molecule has 3 atom stereocenters. The molecule has 0 saturated carbocycles. The highest BCUT2D eigenvalue weighted by Crippen LogP contribution is 2.37. The van der Waals surface area contributed by atoms with Crippen molar-refractivity contribution in [2.24, 2.45) is 0 Å². The van der Waals surface area contributed by atoms with Crippen LogP contribution in [0.1, 0.15) is 44.0 Å². The molecule has 0 radical (unpaired) electrons. The smallest absolute Gasteiger partial charge is 0.115 e. The lowest BCUT2D eigenvalue weighted by molar-refractivity contribution is 0.00604. The van der Waals surface area contributed by atoms with E-state index in [4.69, 9.17) is 26.1 Å². The van der Waals surface area contributed by atoms with Crippen LogP contribution < -0.4 is 0 Å². The first-order valence-electron chi connectivity index (χ1n) is 9.36. The van der Waals surface area contributed by atoms with Crippen LogP contribution in [0.4, 0.5) is 0 Å². The fourth-order valence-electron chi connectivity index (χ4n) is 4.37. The number of benzene rings is 1. The van der Waals surface area contributed by atoms with Gasteiger partial charge in [-0.25, -0.2) is 4.98 Å². The van der Waals surface area contributed by atoms with Gasteiger partial charge in [0, 0.05) is 35.6 Å². The zero-order valence-electron chi connectivity index (χ0n) is 14.8.